The van der Waals surface area contributed by atoms with Crippen LogP contribution in [0.15, 0.2) is 18.3 Å². The van der Waals surface area contributed by atoms with Crippen molar-refractivity contribution in [1.29, 1.82) is 0 Å². The van der Waals surface area contributed by atoms with Crippen molar-refractivity contribution in [2.24, 2.45) is 0 Å². The van der Waals surface area contributed by atoms with Crippen molar-refractivity contribution in [3.8, 4) is 0 Å². The van der Waals surface area contributed by atoms with E-state index in [9.17, 15) is 9.59 Å². The summed E-state index contributed by atoms with van der Waals surface area (Å²) >= 11 is 0. The highest BCUT2D eigenvalue weighted by atomic mass is 16.4. The van der Waals surface area contributed by atoms with Crippen LogP contribution >= 0.6 is 0 Å². The fourth-order valence-corrected chi connectivity index (χ4v) is 1.86. The van der Waals surface area contributed by atoms with Gasteiger partial charge in [-0.2, -0.15) is 10.2 Å². The van der Waals surface area contributed by atoms with Gasteiger partial charge >= 0.3 is 5.97 Å². The molecule has 112 valence electrons. The molecule has 0 spiro atoms. The number of rotatable bonds is 5. The number of carbonyl (C=O) groups excluding carboxylic acids is 1. The number of nitrogens with zero attached hydrogens (tertiary/aromatic N) is 4. The molecule has 0 saturated carbocycles. The van der Waals surface area contributed by atoms with Gasteiger partial charge in [-0.25, -0.2) is 4.79 Å². The molecule has 2 heterocycles. The largest absolute Gasteiger partial charge is 0.480 e. The van der Waals surface area contributed by atoms with Gasteiger partial charge in [0.2, 0.25) is 0 Å². The van der Waals surface area contributed by atoms with Gasteiger partial charge in [0.25, 0.3) is 5.91 Å². The zero-order chi connectivity index (χ0) is 15.6. The number of hydrogen-bond donors (Lipinski definition) is 2. The van der Waals surface area contributed by atoms with Gasteiger partial charge in [-0.05, 0) is 26.8 Å². The Bertz CT molecular complexity index is 673. The minimum Gasteiger partial charge on any atom is -0.480 e. The summed E-state index contributed by atoms with van der Waals surface area (Å²) in [7, 11) is 0. The number of anilines is 1. The first-order chi connectivity index (χ1) is 9.92. The first-order valence-corrected chi connectivity index (χ1v) is 6.56. The van der Waals surface area contributed by atoms with Crippen molar-refractivity contribution in [1.82, 2.24) is 19.6 Å². The van der Waals surface area contributed by atoms with Gasteiger partial charge in [-0.1, -0.05) is 0 Å². The Morgan fingerprint density at radius 2 is 2.14 bits per heavy atom. The van der Waals surface area contributed by atoms with Crippen molar-refractivity contribution in [2.75, 3.05) is 5.32 Å². The summed E-state index contributed by atoms with van der Waals surface area (Å²) in [6.45, 7) is 6.06. The highest BCUT2D eigenvalue weighted by molar-refractivity contribution is 6.02. The number of carbonyl (C=O) groups is 2. The third-order valence-corrected chi connectivity index (χ3v) is 3.12. The molecule has 2 aromatic heterocycles. The van der Waals surface area contributed by atoms with Gasteiger partial charge in [0.15, 0.2) is 11.5 Å². The Kier molecular flexibility index (Phi) is 4.06. The van der Waals surface area contributed by atoms with E-state index in [4.69, 9.17) is 5.11 Å². The number of carboxylic acids is 1. The summed E-state index contributed by atoms with van der Waals surface area (Å²) in [6.07, 6.45) is 1.46. The van der Waals surface area contributed by atoms with Crippen LogP contribution in [0.4, 0.5) is 5.82 Å². The van der Waals surface area contributed by atoms with E-state index < -0.39 is 17.9 Å². The molecular formula is C13H17N5O3. The third kappa shape index (κ3) is 3.10. The lowest BCUT2D eigenvalue weighted by molar-refractivity contribution is -0.140. The molecule has 1 atom stereocenters. The lowest BCUT2D eigenvalue weighted by Crippen LogP contribution is -2.18. The van der Waals surface area contributed by atoms with Crippen molar-refractivity contribution >= 4 is 17.7 Å². The number of nitrogens with one attached hydrogen (secondary N) is 1. The highest BCUT2D eigenvalue weighted by Crippen LogP contribution is 2.11. The molecule has 21 heavy (non-hydrogen) atoms. The molecule has 8 nitrogen and oxygen atoms in total. The fourth-order valence-electron chi connectivity index (χ4n) is 1.86. The molecule has 0 aliphatic heterocycles. The summed E-state index contributed by atoms with van der Waals surface area (Å²) < 4.78 is 2.99. The first kappa shape index (κ1) is 14.8. The molecule has 0 fully saturated rings. The zero-order valence-electron chi connectivity index (χ0n) is 12.1. The Balaban J connectivity index is 2.11. The minimum absolute atomic E-state index is 0.145. The lowest BCUT2D eigenvalue weighted by atomic mass is 10.3. The Hall–Kier alpha value is -2.64. The van der Waals surface area contributed by atoms with E-state index >= 15 is 0 Å². The maximum Gasteiger partial charge on any atom is 0.328 e. The second-order valence-electron chi connectivity index (χ2n) is 4.64. The van der Waals surface area contributed by atoms with E-state index in [-0.39, 0.29) is 5.69 Å². The molecule has 2 rings (SSSR count). The Morgan fingerprint density at radius 1 is 1.43 bits per heavy atom. The molecule has 1 amide bonds. The smallest absolute Gasteiger partial charge is 0.328 e. The SMILES string of the molecule is CCn1nc(NC(=O)c2ccn(C(C)C(=O)O)n2)cc1C. The molecule has 2 N–H and O–H groups in total. The number of aromatic nitrogens is 4. The van der Waals surface area contributed by atoms with Crippen LogP contribution in [-0.2, 0) is 11.3 Å². The second kappa shape index (κ2) is 5.78. The highest BCUT2D eigenvalue weighted by Gasteiger charge is 2.17. The first-order valence-electron chi connectivity index (χ1n) is 6.56. The molecule has 2 aromatic rings. The summed E-state index contributed by atoms with van der Waals surface area (Å²) in [5.41, 5.74) is 1.09. The van der Waals surface area contributed by atoms with Gasteiger partial charge in [0, 0.05) is 24.5 Å². The van der Waals surface area contributed by atoms with E-state index in [1.807, 2.05) is 13.8 Å². The van der Waals surface area contributed by atoms with Crippen LogP contribution in [0.3, 0.4) is 0 Å². The van der Waals surface area contributed by atoms with E-state index in [0.29, 0.717) is 12.4 Å². The number of carboxylic acid groups (broad SMARTS) is 1. The van der Waals surface area contributed by atoms with Crippen molar-refractivity contribution < 1.29 is 14.7 Å². The number of aliphatic carboxylic acids is 1. The minimum atomic E-state index is -1.01. The number of aryl methyl sites for hydroxylation is 2. The van der Waals surface area contributed by atoms with Gasteiger partial charge in [-0.3, -0.25) is 14.2 Å². The number of hydrogen-bond acceptors (Lipinski definition) is 4. The average Bonchev–Trinajstić information content (AvgIpc) is 3.04. The zero-order valence-corrected chi connectivity index (χ0v) is 12.1. The van der Waals surface area contributed by atoms with E-state index in [1.54, 1.807) is 10.7 Å². The topological polar surface area (TPSA) is 102 Å². The summed E-state index contributed by atoms with van der Waals surface area (Å²) in [6, 6.07) is 2.41. The predicted octanol–water partition coefficient (Wildman–Crippen LogP) is 1.31. The monoisotopic (exact) mass is 291 g/mol. The van der Waals surface area contributed by atoms with Crippen molar-refractivity contribution in [2.45, 2.75) is 33.4 Å². The van der Waals surface area contributed by atoms with E-state index in [0.717, 1.165) is 5.69 Å². The standard InChI is InChI=1S/C13H17N5O3/c1-4-17-8(2)7-11(16-17)14-12(19)10-5-6-18(15-10)9(3)13(20)21/h5-7,9H,4H2,1-3H3,(H,20,21)(H,14,16,19). The molecule has 0 aromatic carbocycles. The lowest BCUT2D eigenvalue weighted by Gasteiger charge is -2.05. The Labute approximate surface area is 121 Å². The maximum absolute atomic E-state index is 12.0. The van der Waals surface area contributed by atoms with Crippen LogP contribution in [0.5, 0.6) is 0 Å². The van der Waals surface area contributed by atoms with Gasteiger partial charge < -0.3 is 10.4 Å². The van der Waals surface area contributed by atoms with Gasteiger partial charge in [0.1, 0.15) is 6.04 Å². The van der Waals surface area contributed by atoms with Gasteiger partial charge in [-0.15, -0.1) is 0 Å². The van der Waals surface area contributed by atoms with Gasteiger partial charge in [0.05, 0.1) is 0 Å². The molecule has 0 bridgehead atoms. The third-order valence-electron chi connectivity index (χ3n) is 3.12. The molecule has 0 aliphatic rings. The average molecular weight is 291 g/mol. The normalized spacial score (nSPS) is 12.1. The van der Waals surface area contributed by atoms with Crippen LogP contribution in [0.2, 0.25) is 0 Å². The van der Waals surface area contributed by atoms with Crippen LogP contribution in [-0.4, -0.2) is 36.5 Å². The van der Waals surface area contributed by atoms with E-state index in [2.05, 4.69) is 15.5 Å². The fraction of sp³-hybridized carbons (Fsp3) is 0.385. The molecule has 0 radical (unpaired) electrons. The van der Waals surface area contributed by atoms with Crippen molar-refractivity contribution in [3.05, 3.63) is 29.7 Å². The molecule has 1 unspecified atom stereocenters. The molecule has 0 saturated heterocycles. The quantitative estimate of drug-likeness (QED) is 0.864. The van der Waals surface area contributed by atoms with Crippen molar-refractivity contribution in [3.63, 3.8) is 0 Å². The summed E-state index contributed by atoms with van der Waals surface area (Å²) in [5, 5.41) is 19.7. The van der Waals surface area contributed by atoms with Crippen LogP contribution in [0.1, 0.15) is 36.1 Å². The van der Waals surface area contributed by atoms with E-state index in [1.165, 1.54) is 23.9 Å². The summed E-state index contributed by atoms with van der Waals surface area (Å²) in [5.74, 6) is -0.991. The van der Waals surface area contributed by atoms with Crippen LogP contribution in [0.25, 0.3) is 0 Å². The Morgan fingerprint density at radius 3 is 2.71 bits per heavy atom. The second-order valence-corrected chi connectivity index (χ2v) is 4.64. The molecular weight excluding hydrogens is 274 g/mol. The van der Waals surface area contributed by atoms with Crippen LogP contribution < -0.4 is 5.32 Å². The molecule has 0 aliphatic carbocycles. The van der Waals surface area contributed by atoms with Crippen LogP contribution in [0, 0.1) is 6.92 Å². The number of amides is 1. The summed E-state index contributed by atoms with van der Waals surface area (Å²) in [4.78, 5) is 22.9. The predicted molar refractivity (Wildman–Crippen MR) is 75.2 cm³/mol. The maximum atomic E-state index is 12.0. The molecule has 8 heteroatoms.